The third-order valence-corrected chi connectivity index (χ3v) is 11.4. The van der Waals surface area contributed by atoms with Crippen molar-refractivity contribution in [2.24, 2.45) is 0 Å². The summed E-state index contributed by atoms with van der Waals surface area (Å²) in [6.07, 6.45) is 0. The van der Waals surface area contributed by atoms with Gasteiger partial charge in [0.2, 0.25) is 0 Å². The fourth-order valence-electron chi connectivity index (χ4n) is 8.76. The number of benzene rings is 10. The van der Waals surface area contributed by atoms with Crippen molar-refractivity contribution in [1.29, 1.82) is 5.26 Å². The molecule has 0 N–H and O–H groups in total. The van der Waals surface area contributed by atoms with Gasteiger partial charge in [-0.15, -0.1) is 0 Å². The summed E-state index contributed by atoms with van der Waals surface area (Å²) in [4.78, 5) is 0. The topological polar surface area (TPSA) is 28.7 Å². The second-order valence-electron chi connectivity index (χ2n) is 14.4. The Morgan fingerprint density at radius 3 is 1.47 bits per heavy atom. The number of aromatic nitrogens is 1. The summed E-state index contributed by atoms with van der Waals surface area (Å²) in [6.45, 7) is 0. The summed E-state index contributed by atoms with van der Waals surface area (Å²) in [5, 5.41) is 22.0. The van der Waals surface area contributed by atoms with E-state index in [2.05, 4.69) is 187 Å². The molecule has 0 aliphatic carbocycles. The van der Waals surface area contributed by atoms with Crippen molar-refractivity contribution in [1.82, 2.24) is 4.57 Å². The maximum Gasteiger partial charge on any atom is 0.0992 e. The first-order chi connectivity index (χ1) is 27.2. The number of nitrogens with zero attached hydrogens (tertiary/aromatic N) is 2. The molecule has 1 aromatic heterocycles. The van der Waals surface area contributed by atoms with E-state index >= 15 is 0 Å². The van der Waals surface area contributed by atoms with E-state index < -0.39 is 0 Å². The second-order valence-corrected chi connectivity index (χ2v) is 14.4. The standard InChI is InChI=1S/C53H32N2/c54-33-34-19-25-46-47-26-24-39(30-53(47)55(52(46)27-34)41-13-5-2-6-14-41)37-20-21-38-29-40(23-22-36(38)28-37)49-32-51-44-17-9-7-15-42(44)48(35-11-3-1-4-12-35)31-50(51)45-18-10-8-16-43(45)49/h1-32H. The SMILES string of the molecule is N#Cc1ccc2c3ccc(-c4ccc5cc(-c6cc7c8ccccc8c(-c8ccccc8)cc7c7ccccc67)ccc5c4)cc3n(-c3ccccc3)c2c1. The molecular formula is C53H32N2. The normalized spacial score (nSPS) is 11.6. The largest absolute Gasteiger partial charge is 0.309 e. The molecule has 11 rings (SSSR count). The van der Waals surface area contributed by atoms with Gasteiger partial charge in [0.1, 0.15) is 0 Å². The first-order valence-corrected chi connectivity index (χ1v) is 18.7. The van der Waals surface area contributed by atoms with Crippen molar-refractivity contribution in [2.45, 2.75) is 0 Å². The van der Waals surface area contributed by atoms with Gasteiger partial charge < -0.3 is 4.57 Å². The van der Waals surface area contributed by atoms with Crippen LogP contribution in [-0.2, 0) is 0 Å². The Kier molecular flexibility index (Phi) is 6.96. The van der Waals surface area contributed by atoms with E-state index in [0.29, 0.717) is 5.56 Å². The Morgan fingerprint density at radius 2 is 0.818 bits per heavy atom. The van der Waals surface area contributed by atoms with Crippen molar-refractivity contribution in [2.75, 3.05) is 0 Å². The van der Waals surface area contributed by atoms with Crippen LogP contribution in [0.25, 0.3) is 104 Å². The first-order valence-electron chi connectivity index (χ1n) is 18.7. The molecule has 0 radical (unpaired) electrons. The van der Waals surface area contributed by atoms with Crippen LogP contribution in [0.5, 0.6) is 0 Å². The van der Waals surface area contributed by atoms with Gasteiger partial charge in [-0.05, 0) is 131 Å². The van der Waals surface area contributed by atoms with Gasteiger partial charge in [0.25, 0.3) is 0 Å². The molecule has 2 nitrogen and oxygen atoms in total. The summed E-state index contributed by atoms with van der Waals surface area (Å²) >= 11 is 0. The molecule has 0 fully saturated rings. The maximum atomic E-state index is 9.71. The monoisotopic (exact) mass is 696 g/mol. The number of hydrogen-bond acceptors (Lipinski definition) is 1. The average molecular weight is 697 g/mol. The third-order valence-electron chi connectivity index (χ3n) is 11.4. The predicted octanol–water partition coefficient (Wildman–Crippen LogP) is 14.3. The van der Waals surface area contributed by atoms with Gasteiger partial charge >= 0.3 is 0 Å². The third kappa shape index (κ3) is 4.95. The second kappa shape index (κ2) is 12.3. The highest BCUT2D eigenvalue weighted by Gasteiger charge is 2.17. The van der Waals surface area contributed by atoms with Crippen LogP contribution in [0.2, 0.25) is 0 Å². The average Bonchev–Trinajstić information content (AvgIpc) is 3.58. The molecule has 0 atom stereocenters. The van der Waals surface area contributed by atoms with Crippen LogP contribution >= 0.6 is 0 Å². The summed E-state index contributed by atoms with van der Waals surface area (Å²) in [6, 6.07) is 72.4. The van der Waals surface area contributed by atoms with Crippen LogP contribution in [-0.4, -0.2) is 4.57 Å². The van der Waals surface area contributed by atoms with Crippen molar-refractivity contribution in [3.05, 3.63) is 200 Å². The minimum atomic E-state index is 0.656. The van der Waals surface area contributed by atoms with Crippen LogP contribution in [0.4, 0.5) is 0 Å². The van der Waals surface area contributed by atoms with E-state index in [1.807, 2.05) is 18.2 Å². The van der Waals surface area contributed by atoms with Gasteiger partial charge in [-0.1, -0.05) is 140 Å². The molecule has 10 aromatic carbocycles. The summed E-state index contributed by atoms with van der Waals surface area (Å²) in [7, 11) is 0. The molecule has 0 aliphatic rings. The Bertz CT molecular complexity index is 3370. The smallest absolute Gasteiger partial charge is 0.0992 e. The molecular weight excluding hydrogens is 665 g/mol. The van der Waals surface area contributed by atoms with E-state index in [1.54, 1.807) is 0 Å². The number of hydrogen-bond donors (Lipinski definition) is 0. The quantitative estimate of drug-likeness (QED) is 0.168. The molecule has 1 heterocycles. The van der Waals surface area contributed by atoms with Gasteiger partial charge in [-0.25, -0.2) is 0 Å². The zero-order valence-corrected chi connectivity index (χ0v) is 29.9. The molecule has 0 saturated heterocycles. The number of nitriles is 1. The predicted molar refractivity (Wildman–Crippen MR) is 232 cm³/mol. The van der Waals surface area contributed by atoms with E-state index in [9.17, 15) is 5.26 Å². The fourth-order valence-corrected chi connectivity index (χ4v) is 8.76. The van der Waals surface area contributed by atoms with E-state index in [4.69, 9.17) is 0 Å². The van der Waals surface area contributed by atoms with E-state index in [0.717, 1.165) is 27.7 Å². The number of rotatable bonds is 4. The molecule has 0 amide bonds. The number of fused-ring (bicyclic) bond motifs is 9. The lowest BCUT2D eigenvalue weighted by Crippen LogP contribution is -1.93. The zero-order chi connectivity index (χ0) is 36.5. The van der Waals surface area contributed by atoms with E-state index in [1.165, 1.54) is 76.3 Å². The molecule has 0 spiro atoms. The molecule has 11 aromatic rings. The van der Waals surface area contributed by atoms with E-state index in [-0.39, 0.29) is 0 Å². The van der Waals surface area contributed by atoms with Crippen LogP contribution in [0.1, 0.15) is 5.56 Å². The minimum Gasteiger partial charge on any atom is -0.309 e. The van der Waals surface area contributed by atoms with Gasteiger partial charge in [0, 0.05) is 16.5 Å². The molecule has 0 saturated carbocycles. The van der Waals surface area contributed by atoms with Crippen molar-refractivity contribution < 1.29 is 0 Å². The van der Waals surface area contributed by atoms with Crippen LogP contribution in [0.15, 0.2) is 194 Å². The Balaban J connectivity index is 1.05. The highest BCUT2D eigenvalue weighted by atomic mass is 15.0. The molecule has 2 heteroatoms. The lowest BCUT2D eigenvalue weighted by atomic mass is 9.87. The Morgan fingerprint density at radius 1 is 0.327 bits per heavy atom. The Labute approximate surface area is 318 Å². The lowest BCUT2D eigenvalue weighted by Gasteiger charge is -2.16. The van der Waals surface area contributed by atoms with Crippen LogP contribution < -0.4 is 0 Å². The highest BCUT2D eigenvalue weighted by molar-refractivity contribution is 6.24. The molecule has 55 heavy (non-hydrogen) atoms. The highest BCUT2D eigenvalue weighted by Crippen LogP contribution is 2.43. The van der Waals surface area contributed by atoms with Crippen molar-refractivity contribution in [3.63, 3.8) is 0 Å². The van der Waals surface area contributed by atoms with Gasteiger partial charge in [-0.3, -0.25) is 0 Å². The maximum absolute atomic E-state index is 9.71. The lowest BCUT2D eigenvalue weighted by molar-refractivity contribution is 1.18. The van der Waals surface area contributed by atoms with Crippen LogP contribution in [0, 0.1) is 11.3 Å². The molecule has 254 valence electrons. The summed E-state index contributed by atoms with van der Waals surface area (Å²) in [5.41, 5.74) is 11.2. The molecule has 0 aliphatic heterocycles. The summed E-state index contributed by atoms with van der Waals surface area (Å²) < 4.78 is 2.28. The van der Waals surface area contributed by atoms with Crippen molar-refractivity contribution >= 4 is 64.9 Å². The Hall–Kier alpha value is -7.47. The first kappa shape index (κ1) is 31.1. The van der Waals surface area contributed by atoms with Crippen LogP contribution in [0.3, 0.4) is 0 Å². The fraction of sp³-hybridized carbons (Fsp3) is 0. The molecule has 0 bridgehead atoms. The summed E-state index contributed by atoms with van der Waals surface area (Å²) in [5.74, 6) is 0. The minimum absolute atomic E-state index is 0.656. The molecule has 0 unspecified atom stereocenters. The zero-order valence-electron chi connectivity index (χ0n) is 29.9. The van der Waals surface area contributed by atoms with Crippen molar-refractivity contribution in [3.8, 4) is 45.1 Å². The number of para-hydroxylation sites is 1. The van der Waals surface area contributed by atoms with Gasteiger partial charge in [-0.2, -0.15) is 5.26 Å². The van der Waals surface area contributed by atoms with Gasteiger partial charge in [0.15, 0.2) is 0 Å². The van der Waals surface area contributed by atoms with Gasteiger partial charge in [0.05, 0.1) is 22.7 Å².